The smallest absolute Gasteiger partial charge is 0.134 e. The highest BCUT2D eigenvalue weighted by Gasteiger charge is 2.05. The van der Waals surface area contributed by atoms with E-state index in [-0.39, 0.29) is 0 Å². The molecule has 0 saturated heterocycles. The number of aromatic nitrogens is 3. The molecular weight excluding hydrogens is 226 g/mol. The first kappa shape index (κ1) is 12.3. The minimum atomic E-state index is 0.504. The molecule has 0 aliphatic carbocycles. The summed E-state index contributed by atoms with van der Waals surface area (Å²) >= 11 is 0. The van der Waals surface area contributed by atoms with Gasteiger partial charge in [-0.1, -0.05) is 13.0 Å². The molecule has 0 saturated carbocycles. The zero-order valence-electron chi connectivity index (χ0n) is 10.6. The molecule has 5 heteroatoms. The van der Waals surface area contributed by atoms with Gasteiger partial charge in [0.25, 0.3) is 0 Å². The summed E-state index contributed by atoms with van der Waals surface area (Å²) in [5, 5.41) is 3.25. The van der Waals surface area contributed by atoms with Gasteiger partial charge in [0, 0.05) is 11.8 Å². The largest absolute Gasteiger partial charge is 0.383 e. The van der Waals surface area contributed by atoms with Crippen molar-refractivity contribution in [2.24, 2.45) is 0 Å². The van der Waals surface area contributed by atoms with E-state index in [0.29, 0.717) is 12.4 Å². The second-order valence-corrected chi connectivity index (χ2v) is 4.05. The third-order valence-corrected chi connectivity index (χ3v) is 2.91. The van der Waals surface area contributed by atoms with E-state index in [1.165, 1.54) is 11.9 Å². The van der Waals surface area contributed by atoms with Crippen LogP contribution in [0.1, 0.15) is 23.7 Å². The summed E-state index contributed by atoms with van der Waals surface area (Å²) in [6.45, 7) is 4.66. The summed E-state index contributed by atoms with van der Waals surface area (Å²) in [7, 11) is 0. The van der Waals surface area contributed by atoms with Gasteiger partial charge in [-0.3, -0.25) is 4.98 Å². The molecule has 0 bridgehead atoms. The number of anilines is 2. The molecule has 0 atom stereocenters. The van der Waals surface area contributed by atoms with Crippen LogP contribution < -0.4 is 11.1 Å². The maximum atomic E-state index is 5.74. The van der Waals surface area contributed by atoms with Gasteiger partial charge in [0.05, 0.1) is 12.2 Å². The van der Waals surface area contributed by atoms with Gasteiger partial charge in [-0.15, -0.1) is 0 Å². The van der Waals surface area contributed by atoms with Gasteiger partial charge in [0.2, 0.25) is 0 Å². The molecule has 0 aromatic carbocycles. The molecule has 0 spiro atoms. The number of nitrogen functional groups attached to an aromatic ring is 1. The van der Waals surface area contributed by atoms with Crippen LogP contribution in [0.4, 0.5) is 11.6 Å². The third-order valence-electron chi connectivity index (χ3n) is 2.91. The number of hydrogen-bond donors (Lipinski definition) is 2. The van der Waals surface area contributed by atoms with E-state index >= 15 is 0 Å². The molecule has 2 heterocycles. The Morgan fingerprint density at radius 2 is 2.11 bits per heavy atom. The minimum absolute atomic E-state index is 0.504. The Morgan fingerprint density at radius 3 is 2.89 bits per heavy atom. The summed E-state index contributed by atoms with van der Waals surface area (Å²) in [5.74, 6) is 1.26. The van der Waals surface area contributed by atoms with Crippen molar-refractivity contribution in [1.29, 1.82) is 0 Å². The van der Waals surface area contributed by atoms with Gasteiger partial charge in [-0.25, -0.2) is 9.97 Å². The lowest BCUT2D eigenvalue weighted by Gasteiger charge is -2.11. The highest BCUT2D eigenvalue weighted by molar-refractivity contribution is 5.53. The molecule has 0 fully saturated rings. The summed E-state index contributed by atoms with van der Waals surface area (Å²) in [6.07, 6.45) is 4.23. The predicted octanol–water partition coefficient (Wildman–Crippen LogP) is 1.94. The first-order chi connectivity index (χ1) is 8.72. The average molecular weight is 243 g/mol. The molecule has 2 rings (SSSR count). The minimum Gasteiger partial charge on any atom is -0.383 e. The van der Waals surface area contributed by atoms with Crippen LogP contribution in [0.5, 0.6) is 0 Å². The molecule has 0 unspecified atom stereocenters. The fourth-order valence-corrected chi connectivity index (χ4v) is 1.76. The second kappa shape index (κ2) is 5.44. The molecule has 2 aromatic heterocycles. The molecule has 5 nitrogen and oxygen atoms in total. The first-order valence-corrected chi connectivity index (χ1v) is 5.96. The van der Waals surface area contributed by atoms with Crippen molar-refractivity contribution in [3.8, 4) is 0 Å². The topological polar surface area (TPSA) is 76.7 Å². The van der Waals surface area contributed by atoms with Crippen molar-refractivity contribution < 1.29 is 0 Å². The summed E-state index contributed by atoms with van der Waals surface area (Å²) in [5.41, 5.74) is 8.88. The number of nitrogens with zero attached hydrogens (tertiary/aromatic N) is 3. The Kier molecular flexibility index (Phi) is 3.72. The van der Waals surface area contributed by atoms with E-state index < -0.39 is 0 Å². The number of nitrogens with two attached hydrogens (primary N) is 1. The van der Waals surface area contributed by atoms with E-state index in [4.69, 9.17) is 5.73 Å². The van der Waals surface area contributed by atoms with Gasteiger partial charge < -0.3 is 11.1 Å². The highest BCUT2D eigenvalue weighted by atomic mass is 15.0. The van der Waals surface area contributed by atoms with Gasteiger partial charge >= 0.3 is 0 Å². The van der Waals surface area contributed by atoms with Crippen LogP contribution in [0.25, 0.3) is 0 Å². The lowest BCUT2D eigenvalue weighted by Crippen LogP contribution is -2.08. The Hall–Kier alpha value is -2.17. The fraction of sp³-hybridized carbons (Fsp3) is 0.308. The normalized spacial score (nSPS) is 10.3. The van der Waals surface area contributed by atoms with Crippen molar-refractivity contribution in [2.75, 3.05) is 11.1 Å². The average Bonchev–Trinajstić information content (AvgIpc) is 2.41. The number of nitrogens with one attached hydrogen (secondary N) is 1. The van der Waals surface area contributed by atoms with Crippen LogP contribution in [0, 0.1) is 6.92 Å². The van der Waals surface area contributed by atoms with Crippen molar-refractivity contribution >= 4 is 11.6 Å². The van der Waals surface area contributed by atoms with Crippen LogP contribution in [0.2, 0.25) is 0 Å². The third kappa shape index (κ3) is 2.56. The molecule has 0 radical (unpaired) electrons. The maximum Gasteiger partial charge on any atom is 0.134 e. The lowest BCUT2D eigenvalue weighted by atomic mass is 10.1. The van der Waals surface area contributed by atoms with Crippen molar-refractivity contribution in [3.63, 3.8) is 0 Å². The van der Waals surface area contributed by atoms with E-state index in [1.807, 2.05) is 13.0 Å². The van der Waals surface area contributed by atoms with E-state index in [2.05, 4.69) is 33.3 Å². The van der Waals surface area contributed by atoms with Crippen LogP contribution >= 0.6 is 0 Å². The zero-order valence-corrected chi connectivity index (χ0v) is 10.6. The van der Waals surface area contributed by atoms with Gasteiger partial charge in [0.15, 0.2) is 0 Å². The molecule has 2 aromatic rings. The summed E-state index contributed by atoms with van der Waals surface area (Å²) in [4.78, 5) is 12.5. The predicted molar refractivity (Wildman–Crippen MR) is 72.1 cm³/mol. The van der Waals surface area contributed by atoms with E-state index in [9.17, 15) is 0 Å². The number of rotatable bonds is 4. The summed E-state index contributed by atoms with van der Waals surface area (Å²) in [6, 6.07) is 4.04. The Morgan fingerprint density at radius 1 is 1.28 bits per heavy atom. The Labute approximate surface area is 106 Å². The molecule has 94 valence electrons. The quantitative estimate of drug-likeness (QED) is 0.858. The standard InChI is InChI=1S/C13H17N5/c1-3-10-5-4-6-15-11(10)7-16-13-9(2)12(14)17-8-18-13/h4-6,8H,3,7H2,1-2H3,(H3,14,16,17,18). The van der Waals surface area contributed by atoms with Crippen molar-refractivity contribution in [3.05, 3.63) is 41.5 Å². The zero-order chi connectivity index (χ0) is 13.0. The van der Waals surface area contributed by atoms with E-state index in [1.54, 1.807) is 6.20 Å². The Bertz CT molecular complexity index is 539. The van der Waals surface area contributed by atoms with Crippen LogP contribution in [-0.2, 0) is 13.0 Å². The number of pyridine rings is 1. The number of hydrogen-bond acceptors (Lipinski definition) is 5. The molecule has 0 aliphatic rings. The van der Waals surface area contributed by atoms with Gasteiger partial charge in [-0.05, 0) is 25.0 Å². The lowest BCUT2D eigenvalue weighted by molar-refractivity contribution is 0.958. The van der Waals surface area contributed by atoms with Gasteiger partial charge in [0.1, 0.15) is 18.0 Å². The fourth-order valence-electron chi connectivity index (χ4n) is 1.76. The van der Waals surface area contributed by atoms with Crippen molar-refractivity contribution in [1.82, 2.24) is 15.0 Å². The molecule has 3 N–H and O–H groups in total. The SMILES string of the molecule is CCc1cccnc1CNc1ncnc(N)c1C. The first-order valence-electron chi connectivity index (χ1n) is 5.96. The van der Waals surface area contributed by atoms with E-state index in [0.717, 1.165) is 23.5 Å². The van der Waals surface area contributed by atoms with Crippen LogP contribution in [0.15, 0.2) is 24.7 Å². The van der Waals surface area contributed by atoms with Crippen LogP contribution in [-0.4, -0.2) is 15.0 Å². The summed E-state index contributed by atoms with van der Waals surface area (Å²) < 4.78 is 0. The maximum absolute atomic E-state index is 5.74. The highest BCUT2D eigenvalue weighted by Crippen LogP contribution is 2.16. The second-order valence-electron chi connectivity index (χ2n) is 4.05. The number of aryl methyl sites for hydroxylation is 1. The van der Waals surface area contributed by atoms with Gasteiger partial charge in [-0.2, -0.15) is 0 Å². The monoisotopic (exact) mass is 243 g/mol. The molecule has 0 aliphatic heterocycles. The van der Waals surface area contributed by atoms with Crippen molar-refractivity contribution in [2.45, 2.75) is 26.8 Å². The molecule has 18 heavy (non-hydrogen) atoms. The van der Waals surface area contributed by atoms with Crippen LogP contribution in [0.3, 0.4) is 0 Å². The molecule has 0 amide bonds. The molecular formula is C13H17N5. The Balaban J connectivity index is 2.14.